The molecular formula is C10H6F2N2O. The number of nitrogens with zero attached hydrogens (tertiary/aromatic N) is 2. The zero-order chi connectivity index (χ0) is 10.8. The minimum absolute atomic E-state index is 0.198. The number of halogens is 2. The molecule has 0 aliphatic carbocycles. The average Bonchev–Trinajstić information content (AvgIpc) is 2.70. The van der Waals surface area contributed by atoms with Crippen molar-refractivity contribution in [3.05, 3.63) is 42.3 Å². The number of benzene rings is 1. The Kier molecular flexibility index (Phi) is 2.29. The molecule has 0 saturated carbocycles. The Morgan fingerprint density at radius 2 is 2.07 bits per heavy atom. The lowest BCUT2D eigenvalue weighted by atomic mass is 10.2. The standard InChI is InChI=1S/C10H6F2N2O/c1-2-9-13-10(14-15-9)6-3-4-7(11)8(12)5-6/h2-5H,1H2. The molecule has 0 fully saturated rings. The number of rotatable bonds is 2. The second-order valence-corrected chi connectivity index (χ2v) is 2.79. The second kappa shape index (κ2) is 3.61. The van der Waals surface area contributed by atoms with Crippen molar-refractivity contribution < 1.29 is 13.3 Å². The number of aromatic nitrogens is 2. The fourth-order valence-electron chi connectivity index (χ4n) is 1.07. The van der Waals surface area contributed by atoms with Gasteiger partial charge in [-0.2, -0.15) is 4.98 Å². The molecule has 0 aliphatic heterocycles. The third kappa shape index (κ3) is 1.76. The van der Waals surface area contributed by atoms with E-state index in [0.717, 1.165) is 12.1 Å². The van der Waals surface area contributed by atoms with Crippen LogP contribution in [0.15, 0.2) is 29.3 Å². The maximum atomic E-state index is 12.9. The molecule has 1 heterocycles. The van der Waals surface area contributed by atoms with Gasteiger partial charge in [0.2, 0.25) is 11.7 Å². The van der Waals surface area contributed by atoms with Crippen molar-refractivity contribution in [1.29, 1.82) is 0 Å². The molecule has 76 valence electrons. The lowest BCUT2D eigenvalue weighted by Gasteiger charge is -1.95. The van der Waals surface area contributed by atoms with Crippen molar-refractivity contribution in [1.82, 2.24) is 10.1 Å². The number of hydrogen-bond acceptors (Lipinski definition) is 3. The summed E-state index contributed by atoms with van der Waals surface area (Å²) in [6, 6.07) is 3.39. The molecule has 0 N–H and O–H groups in total. The van der Waals surface area contributed by atoms with E-state index in [9.17, 15) is 8.78 Å². The van der Waals surface area contributed by atoms with Crippen LogP contribution in [-0.2, 0) is 0 Å². The fraction of sp³-hybridized carbons (Fsp3) is 0. The molecule has 2 rings (SSSR count). The summed E-state index contributed by atoms with van der Waals surface area (Å²) >= 11 is 0. The molecule has 15 heavy (non-hydrogen) atoms. The van der Waals surface area contributed by atoms with E-state index in [-0.39, 0.29) is 11.7 Å². The van der Waals surface area contributed by atoms with Gasteiger partial charge in [0.25, 0.3) is 0 Å². The monoisotopic (exact) mass is 208 g/mol. The highest BCUT2D eigenvalue weighted by Crippen LogP contribution is 2.18. The zero-order valence-corrected chi connectivity index (χ0v) is 7.58. The summed E-state index contributed by atoms with van der Waals surface area (Å²) in [4.78, 5) is 3.88. The van der Waals surface area contributed by atoms with Crippen molar-refractivity contribution in [2.75, 3.05) is 0 Å². The summed E-state index contributed by atoms with van der Waals surface area (Å²) in [6.45, 7) is 3.44. The van der Waals surface area contributed by atoms with Crippen molar-refractivity contribution in [3.8, 4) is 11.4 Å². The van der Waals surface area contributed by atoms with Gasteiger partial charge < -0.3 is 4.52 Å². The predicted molar refractivity (Wildman–Crippen MR) is 49.7 cm³/mol. The van der Waals surface area contributed by atoms with Gasteiger partial charge in [0, 0.05) is 5.56 Å². The van der Waals surface area contributed by atoms with Gasteiger partial charge in [0.15, 0.2) is 11.6 Å². The third-order valence-corrected chi connectivity index (χ3v) is 1.79. The maximum Gasteiger partial charge on any atom is 0.250 e. The summed E-state index contributed by atoms with van der Waals surface area (Å²) in [6.07, 6.45) is 1.37. The summed E-state index contributed by atoms with van der Waals surface area (Å²) in [5, 5.41) is 3.58. The van der Waals surface area contributed by atoms with E-state index in [0.29, 0.717) is 5.56 Å². The van der Waals surface area contributed by atoms with Gasteiger partial charge in [-0.05, 0) is 24.3 Å². The molecule has 0 bridgehead atoms. The van der Waals surface area contributed by atoms with Gasteiger partial charge in [-0.1, -0.05) is 11.7 Å². The molecule has 1 aromatic heterocycles. The van der Waals surface area contributed by atoms with Crippen molar-refractivity contribution >= 4 is 6.08 Å². The van der Waals surface area contributed by atoms with E-state index in [1.807, 2.05) is 0 Å². The molecule has 5 heteroatoms. The first-order valence-corrected chi connectivity index (χ1v) is 4.12. The molecule has 0 amide bonds. The lowest BCUT2D eigenvalue weighted by molar-refractivity contribution is 0.411. The first-order valence-electron chi connectivity index (χ1n) is 4.12. The second-order valence-electron chi connectivity index (χ2n) is 2.79. The molecule has 1 aromatic carbocycles. The summed E-state index contributed by atoms with van der Waals surface area (Å²) < 4.78 is 30.2. The van der Waals surface area contributed by atoms with Gasteiger partial charge in [-0.3, -0.25) is 0 Å². The van der Waals surface area contributed by atoms with Crippen LogP contribution in [-0.4, -0.2) is 10.1 Å². The average molecular weight is 208 g/mol. The maximum absolute atomic E-state index is 12.9. The smallest absolute Gasteiger partial charge is 0.250 e. The molecule has 0 unspecified atom stereocenters. The molecule has 0 aliphatic rings. The van der Waals surface area contributed by atoms with Gasteiger partial charge in [0.1, 0.15) is 0 Å². The topological polar surface area (TPSA) is 38.9 Å². The van der Waals surface area contributed by atoms with E-state index < -0.39 is 11.6 Å². The molecule has 3 nitrogen and oxygen atoms in total. The van der Waals surface area contributed by atoms with Crippen LogP contribution in [0, 0.1) is 11.6 Å². The minimum atomic E-state index is -0.947. The van der Waals surface area contributed by atoms with Gasteiger partial charge in [-0.15, -0.1) is 0 Å². The Balaban J connectivity index is 2.44. The van der Waals surface area contributed by atoms with Crippen molar-refractivity contribution in [3.63, 3.8) is 0 Å². The summed E-state index contributed by atoms with van der Waals surface area (Å²) in [5.41, 5.74) is 0.353. The predicted octanol–water partition coefficient (Wildman–Crippen LogP) is 2.66. The molecule has 0 radical (unpaired) electrons. The van der Waals surface area contributed by atoms with Crippen LogP contribution in [0.1, 0.15) is 5.89 Å². The molecule has 0 atom stereocenters. The Labute approximate surface area is 84.0 Å². The van der Waals surface area contributed by atoms with Crippen LogP contribution in [0.5, 0.6) is 0 Å². The van der Waals surface area contributed by atoms with Crippen LogP contribution in [0.2, 0.25) is 0 Å². The largest absolute Gasteiger partial charge is 0.334 e. The van der Waals surface area contributed by atoms with Gasteiger partial charge >= 0.3 is 0 Å². The van der Waals surface area contributed by atoms with Crippen LogP contribution in [0.3, 0.4) is 0 Å². The van der Waals surface area contributed by atoms with Gasteiger partial charge in [-0.25, -0.2) is 8.78 Å². The Morgan fingerprint density at radius 1 is 1.27 bits per heavy atom. The van der Waals surface area contributed by atoms with Crippen LogP contribution >= 0.6 is 0 Å². The molecular weight excluding hydrogens is 202 g/mol. The first kappa shape index (κ1) is 9.51. The van der Waals surface area contributed by atoms with E-state index in [2.05, 4.69) is 16.7 Å². The molecule has 2 aromatic rings. The first-order chi connectivity index (χ1) is 7.20. The van der Waals surface area contributed by atoms with Crippen molar-refractivity contribution in [2.45, 2.75) is 0 Å². The Bertz CT molecular complexity index is 508. The summed E-state index contributed by atoms with van der Waals surface area (Å²) in [7, 11) is 0. The third-order valence-electron chi connectivity index (χ3n) is 1.79. The highest BCUT2D eigenvalue weighted by molar-refractivity contribution is 5.55. The number of hydrogen-bond donors (Lipinski definition) is 0. The highest BCUT2D eigenvalue weighted by Gasteiger charge is 2.09. The Hall–Kier alpha value is -2.04. The van der Waals surface area contributed by atoms with E-state index in [1.54, 1.807) is 0 Å². The van der Waals surface area contributed by atoms with Crippen LogP contribution in [0.25, 0.3) is 17.5 Å². The van der Waals surface area contributed by atoms with Crippen LogP contribution < -0.4 is 0 Å². The quantitative estimate of drug-likeness (QED) is 0.761. The summed E-state index contributed by atoms with van der Waals surface area (Å²) in [5.74, 6) is -1.43. The highest BCUT2D eigenvalue weighted by atomic mass is 19.2. The van der Waals surface area contributed by atoms with Crippen molar-refractivity contribution in [2.24, 2.45) is 0 Å². The lowest BCUT2D eigenvalue weighted by Crippen LogP contribution is -1.86. The zero-order valence-electron chi connectivity index (χ0n) is 7.58. The van der Waals surface area contributed by atoms with E-state index in [4.69, 9.17) is 4.52 Å². The Morgan fingerprint density at radius 3 is 2.67 bits per heavy atom. The van der Waals surface area contributed by atoms with Crippen LogP contribution in [0.4, 0.5) is 8.78 Å². The molecule has 0 saturated heterocycles. The van der Waals surface area contributed by atoms with Gasteiger partial charge in [0.05, 0.1) is 0 Å². The van der Waals surface area contributed by atoms with E-state index in [1.165, 1.54) is 12.1 Å². The van der Waals surface area contributed by atoms with E-state index >= 15 is 0 Å². The fourth-order valence-corrected chi connectivity index (χ4v) is 1.07. The minimum Gasteiger partial charge on any atom is -0.334 e. The molecule has 0 spiro atoms. The SMILES string of the molecule is C=Cc1nc(-c2ccc(F)c(F)c2)no1. The normalized spacial score (nSPS) is 10.3.